The van der Waals surface area contributed by atoms with Crippen LogP contribution in [0.4, 0.5) is 26.3 Å². The van der Waals surface area contributed by atoms with Crippen LogP contribution in [0.2, 0.25) is 0 Å². The van der Waals surface area contributed by atoms with E-state index in [1.165, 1.54) is 12.1 Å². The van der Waals surface area contributed by atoms with Gasteiger partial charge in [0.05, 0.1) is 11.5 Å². The number of hydrogen-bond acceptors (Lipinski definition) is 3. The molecule has 1 aromatic rings. The molecule has 0 radical (unpaired) electrons. The highest BCUT2D eigenvalue weighted by Gasteiger charge is 2.56. The van der Waals surface area contributed by atoms with Gasteiger partial charge in [-0.15, -0.1) is 0 Å². The van der Waals surface area contributed by atoms with Crippen LogP contribution >= 0.6 is 0 Å². The molecule has 0 aliphatic rings. The largest absolute Gasteiger partial charge is 0.453 e. The first-order valence-corrected chi connectivity index (χ1v) is 9.35. The fraction of sp³-hybridized carbons (Fsp3) is 0.600. The van der Waals surface area contributed by atoms with Crippen molar-refractivity contribution in [3.63, 3.8) is 0 Å². The van der Waals surface area contributed by atoms with Crippen LogP contribution in [-0.2, 0) is 16.4 Å². The van der Waals surface area contributed by atoms with E-state index in [2.05, 4.69) is 5.32 Å². The van der Waals surface area contributed by atoms with Crippen molar-refractivity contribution >= 4 is 9.84 Å². The molecule has 0 atom stereocenters. The molecule has 144 valence electrons. The smallest absolute Gasteiger partial charge is 0.313 e. The van der Waals surface area contributed by atoms with E-state index in [0.29, 0.717) is 13.1 Å². The van der Waals surface area contributed by atoms with E-state index in [-0.39, 0.29) is 18.0 Å². The standard InChI is InChI=1S/C15H19F6NO2S/c16-13-5-3-12(4-6-13)11-22-8-2-10-25(23,24)9-1-7-14(17,18)15(19,20)21/h3-6,22H,1-2,7-11H2. The Morgan fingerprint density at radius 3 is 2.04 bits per heavy atom. The Balaban J connectivity index is 2.24. The normalized spacial score (nSPS) is 13.2. The molecule has 1 N–H and O–H groups in total. The Kier molecular flexibility index (Phi) is 7.73. The third-order valence-corrected chi connectivity index (χ3v) is 5.23. The predicted molar refractivity (Wildman–Crippen MR) is 81.6 cm³/mol. The van der Waals surface area contributed by atoms with Gasteiger partial charge in [0.15, 0.2) is 0 Å². The van der Waals surface area contributed by atoms with Crippen molar-refractivity contribution < 1.29 is 34.8 Å². The molecule has 1 rings (SSSR count). The maximum Gasteiger partial charge on any atom is 0.453 e. The number of hydrogen-bond donors (Lipinski definition) is 1. The Morgan fingerprint density at radius 1 is 0.920 bits per heavy atom. The summed E-state index contributed by atoms with van der Waals surface area (Å²) in [6.45, 7) is 0.716. The fourth-order valence-corrected chi connectivity index (χ4v) is 3.38. The van der Waals surface area contributed by atoms with Crippen LogP contribution in [-0.4, -0.2) is 38.6 Å². The zero-order valence-corrected chi connectivity index (χ0v) is 14.1. The summed E-state index contributed by atoms with van der Waals surface area (Å²) in [5.41, 5.74) is 0.804. The van der Waals surface area contributed by atoms with Crippen LogP contribution in [0.5, 0.6) is 0 Å². The molecule has 0 saturated heterocycles. The lowest BCUT2D eigenvalue weighted by Gasteiger charge is -2.19. The van der Waals surface area contributed by atoms with Crippen molar-refractivity contribution in [2.45, 2.75) is 37.9 Å². The van der Waals surface area contributed by atoms with Gasteiger partial charge in [0.2, 0.25) is 0 Å². The highest BCUT2D eigenvalue weighted by atomic mass is 32.2. The number of rotatable bonds is 10. The molecule has 0 heterocycles. The minimum Gasteiger partial charge on any atom is -0.313 e. The molecule has 0 aliphatic heterocycles. The molecule has 1 aromatic carbocycles. The summed E-state index contributed by atoms with van der Waals surface area (Å²) in [6.07, 6.45) is -7.77. The van der Waals surface area contributed by atoms with Gasteiger partial charge in [-0.05, 0) is 37.1 Å². The summed E-state index contributed by atoms with van der Waals surface area (Å²) in [5, 5.41) is 2.94. The molecular weight excluding hydrogens is 372 g/mol. The fourth-order valence-electron chi connectivity index (χ4n) is 2.01. The predicted octanol–water partition coefficient (Wildman–Crippen LogP) is 3.70. The average Bonchev–Trinajstić information content (AvgIpc) is 2.47. The Morgan fingerprint density at radius 2 is 1.48 bits per heavy atom. The van der Waals surface area contributed by atoms with E-state index in [9.17, 15) is 34.8 Å². The lowest BCUT2D eigenvalue weighted by molar-refractivity contribution is -0.284. The van der Waals surface area contributed by atoms with Gasteiger partial charge in [-0.2, -0.15) is 22.0 Å². The summed E-state index contributed by atoms with van der Waals surface area (Å²) in [6, 6.07) is 5.72. The molecule has 0 spiro atoms. The molecule has 0 fully saturated rings. The first kappa shape index (κ1) is 21.8. The van der Waals surface area contributed by atoms with Gasteiger partial charge in [0, 0.05) is 13.0 Å². The highest BCUT2D eigenvalue weighted by molar-refractivity contribution is 7.91. The maximum absolute atomic E-state index is 12.7. The average molecular weight is 391 g/mol. The van der Waals surface area contributed by atoms with Gasteiger partial charge in [-0.1, -0.05) is 12.1 Å². The van der Waals surface area contributed by atoms with Crippen molar-refractivity contribution in [1.29, 1.82) is 0 Å². The first-order chi connectivity index (χ1) is 11.4. The van der Waals surface area contributed by atoms with E-state index >= 15 is 0 Å². The molecule has 25 heavy (non-hydrogen) atoms. The van der Waals surface area contributed by atoms with Crippen LogP contribution in [0.1, 0.15) is 24.8 Å². The van der Waals surface area contributed by atoms with E-state index in [1.807, 2.05) is 0 Å². The lowest BCUT2D eigenvalue weighted by Crippen LogP contribution is -2.36. The summed E-state index contributed by atoms with van der Waals surface area (Å²) in [7, 11) is -3.69. The number of benzene rings is 1. The maximum atomic E-state index is 12.7. The van der Waals surface area contributed by atoms with E-state index in [4.69, 9.17) is 0 Å². The van der Waals surface area contributed by atoms with Crippen molar-refractivity contribution in [2.24, 2.45) is 0 Å². The zero-order chi connectivity index (χ0) is 19.1. The van der Waals surface area contributed by atoms with Gasteiger partial charge in [0.1, 0.15) is 15.7 Å². The molecule has 0 aliphatic carbocycles. The molecule has 0 bridgehead atoms. The van der Waals surface area contributed by atoms with Gasteiger partial charge in [0.25, 0.3) is 0 Å². The zero-order valence-electron chi connectivity index (χ0n) is 13.3. The molecule has 0 unspecified atom stereocenters. The molecule has 3 nitrogen and oxygen atoms in total. The van der Waals surface area contributed by atoms with Crippen molar-refractivity contribution in [3.05, 3.63) is 35.6 Å². The third kappa shape index (κ3) is 8.08. The Labute approximate surface area is 142 Å². The molecule has 0 saturated carbocycles. The molecular formula is C15H19F6NO2S. The van der Waals surface area contributed by atoms with Crippen LogP contribution in [0.25, 0.3) is 0 Å². The number of alkyl halides is 5. The van der Waals surface area contributed by atoms with Crippen molar-refractivity contribution in [3.8, 4) is 0 Å². The van der Waals surface area contributed by atoms with Gasteiger partial charge in [-0.3, -0.25) is 0 Å². The number of sulfone groups is 1. The second-order valence-electron chi connectivity index (χ2n) is 5.61. The van der Waals surface area contributed by atoms with Crippen molar-refractivity contribution in [2.75, 3.05) is 18.1 Å². The van der Waals surface area contributed by atoms with Crippen LogP contribution in [0, 0.1) is 5.82 Å². The van der Waals surface area contributed by atoms with E-state index in [1.54, 1.807) is 12.1 Å². The molecule has 10 heteroatoms. The van der Waals surface area contributed by atoms with Crippen molar-refractivity contribution in [1.82, 2.24) is 5.32 Å². The topological polar surface area (TPSA) is 46.2 Å². The Hall–Kier alpha value is -1.29. The summed E-state index contributed by atoms with van der Waals surface area (Å²) in [4.78, 5) is 0. The second kappa shape index (κ2) is 8.88. The van der Waals surface area contributed by atoms with Crippen LogP contribution in [0.3, 0.4) is 0 Å². The molecule has 0 amide bonds. The monoisotopic (exact) mass is 391 g/mol. The van der Waals surface area contributed by atoms with Crippen LogP contribution < -0.4 is 5.32 Å². The summed E-state index contributed by atoms with van der Waals surface area (Å²) < 4.78 is 97.3. The van der Waals surface area contributed by atoms with E-state index < -0.39 is 40.5 Å². The minimum atomic E-state index is -5.67. The Bertz CT molecular complexity index is 628. The number of halogens is 6. The highest BCUT2D eigenvalue weighted by Crippen LogP contribution is 2.38. The minimum absolute atomic E-state index is 0.194. The quantitative estimate of drug-likeness (QED) is 0.489. The SMILES string of the molecule is O=S(=O)(CCCNCc1ccc(F)cc1)CCCC(F)(F)C(F)(F)F. The van der Waals surface area contributed by atoms with Crippen LogP contribution in [0.15, 0.2) is 24.3 Å². The van der Waals surface area contributed by atoms with Gasteiger partial charge < -0.3 is 5.32 Å². The third-order valence-electron chi connectivity index (χ3n) is 3.41. The summed E-state index contributed by atoms with van der Waals surface area (Å²) >= 11 is 0. The summed E-state index contributed by atoms with van der Waals surface area (Å²) in [5.74, 6) is -6.26. The first-order valence-electron chi connectivity index (χ1n) is 7.53. The number of nitrogens with one attached hydrogen (secondary N) is 1. The van der Waals surface area contributed by atoms with E-state index in [0.717, 1.165) is 5.56 Å². The lowest BCUT2D eigenvalue weighted by atomic mass is 10.2. The molecule has 0 aromatic heterocycles. The van der Waals surface area contributed by atoms with Gasteiger partial charge in [-0.25, -0.2) is 12.8 Å². The second-order valence-corrected chi connectivity index (χ2v) is 7.92. The van der Waals surface area contributed by atoms with Gasteiger partial charge >= 0.3 is 12.1 Å².